The fourth-order valence-corrected chi connectivity index (χ4v) is 4.10. The third kappa shape index (κ3) is 5.81. The molecule has 2 radical (unpaired) electrons. The number of fused-ring (bicyclic) bond motifs is 4. The number of hydrogen-bond donors (Lipinski definition) is 0. The third-order valence-corrected chi connectivity index (χ3v) is 5.77. The summed E-state index contributed by atoms with van der Waals surface area (Å²) in [5, 5.41) is 1.16. The molecule has 1 aliphatic rings. The van der Waals surface area contributed by atoms with Gasteiger partial charge in [-0.25, -0.2) is 23.8 Å². The van der Waals surface area contributed by atoms with Gasteiger partial charge in [-0.05, 0) is 29.0 Å². The van der Waals surface area contributed by atoms with E-state index in [-0.39, 0.29) is 52.8 Å². The van der Waals surface area contributed by atoms with E-state index < -0.39 is 0 Å². The Labute approximate surface area is 254 Å². The predicted molar refractivity (Wildman–Crippen MR) is 136 cm³/mol. The van der Waals surface area contributed by atoms with E-state index in [9.17, 15) is 0 Å². The van der Waals surface area contributed by atoms with Crippen LogP contribution in [0.25, 0.3) is 44.7 Å². The molecule has 0 atom stereocenters. The van der Waals surface area contributed by atoms with Gasteiger partial charge in [0.15, 0.2) is 0 Å². The smallest absolute Gasteiger partial charge is 0.0614 e. The van der Waals surface area contributed by atoms with Crippen LogP contribution in [0.4, 0.5) is 0 Å². The molecule has 0 saturated carbocycles. The molecule has 4 heterocycles. The summed E-state index contributed by atoms with van der Waals surface area (Å²) in [7, 11) is 0. The minimum atomic E-state index is 0. The second kappa shape index (κ2) is 12.5. The van der Waals surface area contributed by atoms with Gasteiger partial charge in [-0.3, -0.25) is 10.5 Å². The molecule has 0 bridgehead atoms. The van der Waals surface area contributed by atoms with E-state index in [4.69, 9.17) is 4.74 Å². The maximum Gasteiger partial charge on any atom is 0.0614 e. The summed E-state index contributed by atoms with van der Waals surface area (Å²) in [6.07, 6.45) is 3.48. The van der Waals surface area contributed by atoms with Crippen molar-refractivity contribution in [3.63, 3.8) is 0 Å². The molecule has 7 rings (SSSR count). The first-order valence-corrected chi connectivity index (χ1v) is 11.3. The Kier molecular flexibility index (Phi) is 9.18. The standard InChI is InChI=1S/C18H10NO.C13H9N2.Ir.Y/c1-2-6-13(7-3-1)16-10-11-19-17-15-9-5-4-8-14(15)12-20-18(16)17;1-2-6-11-10(5-1)9-13(15-11)12-7-3-4-8-14-12;;/h1-6,8,11H,12H2;1-9H;;/q-3;-1;;. The molecule has 6 heteroatoms. The van der Waals surface area contributed by atoms with Gasteiger partial charge in [0, 0.05) is 64.7 Å². The van der Waals surface area contributed by atoms with Gasteiger partial charge in [0.2, 0.25) is 0 Å². The molecule has 0 spiro atoms. The summed E-state index contributed by atoms with van der Waals surface area (Å²) in [4.78, 5) is 13.2. The molecule has 180 valence electrons. The summed E-state index contributed by atoms with van der Waals surface area (Å²) in [5.74, 6) is 0.768. The van der Waals surface area contributed by atoms with Gasteiger partial charge in [-0.1, -0.05) is 48.2 Å². The first-order chi connectivity index (χ1) is 17.4. The van der Waals surface area contributed by atoms with E-state index in [1.165, 1.54) is 0 Å². The number of para-hydroxylation sites is 1. The molecule has 6 aromatic rings. The summed E-state index contributed by atoms with van der Waals surface area (Å²) >= 11 is 0. The normalized spacial score (nSPS) is 10.9. The predicted octanol–water partition coefficient (Wildman–Crippen LogP) is 6.56. The van der Waals surface area contributed by atoms with Crippen LogP contribution in [-0.4, -0.2) is 9.97 Å². The van der Waals surface area contributed by atoms with Crippen molar-refractivity contribution in [3.8, 4) is 39.5 Å². The van der Waals surface area contributed by atoms with E-state index in [0.717, 1.165) is 56.0 Å². The van der Waals surface area contributed by atoms with Crippen molar-refractivity contribution in [2.24, 2.45) is 0 Å². The quantitative estimate of drug-likeness (QED) is 0.190. The molecule has 0 N–H and O–H groups in total. The molecule has 4 nitrogen and oxygen atoms in total. The summed E-state index contributed by atoms with van der Waals surface area (Å²) in [6.45, 7) is 0.541. The van der Waals surface area contributed by atoms with Crippen molar-refractivity contribution in [3.05, 3.63) is 127 Å². The van der Waals surface area contributed by atoms with E-state index in [1.54, 1.807) is 12.4 Å². The number of hydrogen-bond acceptors (Lipinski definition) is 3. The van der Waals surface area contributed by atoms with Crippen LogP contribution in [0.1, 0.15) is 5.56 Å². The Bertz CT molecular complexity index is 1560. The summed E-state index contributed by atoms with van der Waals surface area (Å²) in [5.41, 5.74) is 7.71. The largest absolute Gasteiger partial charge is 0.656 e. The van der Waals surface area contributed by atoms with Crippen LogP contribution in [0.15, 0.2) is 103 Å². The average molecular weight is 731 g/mol. The molecule has 0 aliphatic carbocycles. The molecular weight excluding hydrogens is 711 g/mol. The molecule has 0 amide bonds. The van der Waals surface area contributed by atoms with Crippen molar-refractivity contribution < 1.29 is 57.6 Å². The molecule has 0 fully saturated rings. The van der Waals surface area contributed by atoms with E-state index in [0.29, 0.717) is 6.61 Å². The van der Waals surface area contributed by atoms with Crippen molar-refractivity contribution in [2.75, 3.05) is 0 Å². The van der Waals surface area contributed by atoms with Gasteiger partial charge >= 0.3 is 0 Å². The van der Waals surface area contributed by atoms with Gasteiger partial charge in [0.25, 0.3) is 0 Å². The monoisotopic (exact) mass is 731 g/mol. The number of benzene rings is 3. The SMILES string of the molecule is [Ir].[Y].[c-]1ccccc1-c1[c-]cnc2c1OCc1ccc[c-]c1-2.c1ccc(-c2cc3ccccc3[n-]2)nc1. The summed E-state index contributed by atoms with van der Waals surface area (Å²) in [6, 6.07) is 39.4. The van der Waals surface area contributed by atoms with Crippen molar-refractivity contribution >= 4 is 10.9 Å². The molecule has 1 aliphatic heterocycles. The zero-order chi connectivity index (χ0) is 23.5. The topological polar surface area (TPSA) is 49.1 Å². The Hall–Kier alpha value is -2.95. The Morgan fingerprint density at radius 1 is 0.784 bits per heavy atom. The Morgan fingerprint density at radius 2 is 1.62 bits per heavy atom. The third-order valence-electron chi connectivity index (χ3n) is 5.77. The first kappa shape index (κ1) is 27.1. The molecule has 3 aromatic heterocycles. The van der Waals surface area contributed by atoms with Gasteiger partial charge in [0.1, 0.15) is 0 Å². The Balaban J connectivity index is 0.000000170. The van der Waals surface area contributed by atoms with Crippen molar-refractivity contribution in [2.45, 2.75) is 6.61 Å². The fourth-order valence-electron chi connectivity index (χ4n) is 4.10. The molecule has 0 unspecified atom stereocenters. The summed E-state index contributed by atoms with van der Waals surface area (Å²) < 4.78 is 5.90. The number of rotatable bonds is 2. The minimum absolute atomic E-state index is 0. The van der Waals surface area contributed by atoms with Gasteiger partial charge in [-0.15, -0.1) is 47.1 Å². The number of aromatic nitrogens is 3. The van der Waals surface area contributed by atoms with Crippen LogP contribution >= 0.6 is 0 Å². The molecule has 0 saturated heterocycles. The Morgan fingerprint density at radius 3 is 2.43 bits per heavy atom. The zero-order valence-electron chi connectivity index (χ0n) is 19.7. The minimum Gasteiger partial charge on any atom is -0.656 e. The second-order valence-electron chi connectivity index (χ2n) is 8.01. The number of pyridine rings is 2. The van der Waals surface area contributed by atoms with Crippen LogP contribution in [0.5, 0.6) is 5.75 Å². The van der Waals surface area contributed by atoms with Gasteiger partial charge in [0.05, 0.1) is 6.61 Å². The average Bonchev–Trinajstić information content (AvgIpc) is 3.39. The van der Waals surface area contributed by atoms with Crippen LogP contribution in [0, 0.1) is 18.2 Å². The number of nitrogens with zero attached hydrogens (tertiary/aromatic N) is 3. The van der Waals surface area contributed by atoms with Crippen LogP contribution in [0.2, 0.25) is 0 Å². The van der Waals surface area contributed by atoms with Crippen LogP contribution in [0.3, 0.4) is 0 Å². The van der Waals surface area contributed by atoms with Gasteiger partial charge < -0.3 is 14.7 Å². The first-order valence-electron chi connectivity index (χ1n) is 11.3. The van der Waals surface area contributed by atoms with Crippen LogP contribution in [-0.2, 0) is 59.4 Å². The maximum atomic E-state index is 5.90. The number of ether oxygens (including phenoxy) is 1. The van der Waals surface area contributed by atoms with E-state index in [1.807, 2.05) is 78.9 Å². The maximum absolute atomic E-state index is 5.90. The molecule has 37 heavy (non-hydrogen) atoms. The zero-order valence-corrected chi connectivity index (χ0v) is 24.9. The van der Waals surface area contributed by atoms with Crippen molar-refractivity contribution in [1.29, 1.82) is 0 Å². The molecule has 3 aromatic carbocycles. The van der Waals surface area contributed by atoms with Gasteiger partial charge in [-0.2, -0.15) is 12.1 Å². The van der Waals surface area contributed by atoms with E-state index in [2.05, 4.69) is 45.3 Å². The second-order valence-corrected chi connectivity index (χ2v) is 8.01. The van der Waals surface area contributed by atoms with Crippen molar-refractivity contribution in [1.82, 2.24) is 15.0 Å². The van der Waals surface area contributed by atoms with Crippen LogP contribution < -0.4 is 9.72 Å². The fraction of sp³-hybridized carbons (Fsp3) is 0.0323. The van der Waals surface area contributed by atoms with E-state index >= 15 is 0 Å². The molecular formula is C31H19IrN3OY-4.